The van der Waals surface area contributed by atoms with Crippen LogP contribution in [0.3, 0.4) is 0 Å². The molecule has 4 rings (SSSR count). The van der Waals surface area contributed by atoms with Crippen LogP contribution in [0.25, 0.3) is 10.9 Å². The second-order valence-electron chi connectivity index (χ2n) is 9.90. The number of aliphatic hydroxyl groups is 1. The van der Waals surface area contributed by atoms with Gasteiger partial charge in [-0.3, -0.25) is 9.78 Å². The molecular formula is C29H34Cl2N2O4. The van der Waals surface area contributed by atoms with Crippen molar-refractivity contribution in [3.63, 3.8) is 0 Å². The van der Waals surface area contributed by atoms with Crippen LogP contribution in [0.1, 0.15) is 49.3 Å². The molecule has 8 heteroatoms. The Balaban J connectivity index is 1.35. The second kappa shape index (κ2) is 12.9. The number of aryl methyl sites for hydroxylation is 1. The molecule has 0 aliphatic carbocycles. The van der Waals surface area contributed by atoms with Crippen molar-refractivity contribution in [2.45, 2.75) is 44.6 Å². The molecule has 1 fully saturated rings. The quantitative estimate of drug-likeness (QED) is 0.290. The van der Waals surface area contributed by atoms with Gasteiger partial charge in [0.25, 0.3) is 0 Å². The zero-order valence-corrected chi connectivity index (χ0v) is 22.6. The van der Waals surface area contributed by atoms with Crippen LogP contribution in [0.5, 0.6) is 5.75 Å². The van der Waals surface area contributed by atoms with Gasteiger partial charge < -0.3 is 19.8 Å². The summed E-state index contributed by atoms with van der Waals surface area (Å²) >= 11 is 12.5. The Labute approximate surface area is 228 Å². The first kappa shape index (κ1) is 27.6. The van der Waals surface area contributed by atoms with Crippen molar-refractivity contribution < 1.29 is 19.7 Å². The number of hydrogen-bond acceptors (Lipinski definition) is 5. The van der Waals surface area contributed by atoms with E-state index >= 15 is 0 Å². The lowest BCUT2D eigenvalue weighted by atomic mass is 9.79. The standard InChI is InChI=1S/C29H34Cl2N2O4/c1-37-22-8-9-26-24(17-22)23(11-13-32-26)27(34)10-7-19-12-15-33(18-21(19)16-28(35)36)14-3-5-20-4-2-6-25(30)29(20)31/h2,4,6,8-9,11,13,17,19,21,27,34H,3,5,7,10,12,14-16,18H2,1H3,(H,35,36)/t19-,21+,27+/m1/s1. The fraction of sp³-hybridized carbons (Fsp3) is 0.448. The average Bonchev–Trinajstić information content (AvgIpc) is 2.89. The molecule has 0 spiro atoms. The van der Waals surface area contributed by atoms with Gasteiger partial charge in [-0.2, -0.15) is 0 Å². The number of piperidine rings is 1. The van der Waals surface area contributed by atoms with Gasteiger partial charge in [-0.1, -0.05) is 35.3 Å². The number of rotatable bonds is 11. The molecule has 2 heterocycles. The van der Waals surface area contributed by atoms with Crippen LogP contribution in [0.4, 0.5) is 0 Å². The molecular weight excluding hydrogens is 511 g/mol. The smallest absolute Gasteiger partial charge is 0.303 e. The van der Waals surface area contributed by atoms with Crippen molar-refractivity contribution in [2.24, 2.45) is 11.8 Å². The summed E-state index contributed by atoms with van der Waals surface area (Å²) in [5.41, 5.74) is 2.69. The molecule has 1 aliphatic rings. The Bertz CT molecular complexity index is 1220. The van der Waals surface area contributed by atoms with Crippen molar-refractivity contribution in [2.75, 3.05) is 26.7 Å². The summed E-state index contributed by atoms with van der Waals surface area (Å²) in [6, 6.07) is 13.2. The molecule has 2 aromatic carbocycles. The van der Waals surface area contributed by atoms with E-state index in [2.05, 4.69) is 9.88 Å². The third-order valence-electron chi connectivity index (χ3n) is 7.52. The first-order valence-electron chi connectivity index (χ1n) is 12.8. The van der Waals surface area contributed by atoms with Crippen LogP contribution >= 0.6 is 23.2 Å². The molecule has 0 amide bonds. The number of aromatic nitrogens is 1. The Morgan fingerprint density at radius 3 is 2.84 bits per heavy atom. The van der Waals surface area contributed by atoms with Gasteiger partial charge >= 0.3 is 5.97 Å². The highest BCUT2D eigenvalue weighted by Gasteiger charge is 2.31. The first-order chi connectivity index (χ1) is 17.9. The lowest BCUT2D eigenvalue weighted by molar-refractivity contribution is -0.139. The Kier molecular flexibility index (Phi) is 9.65. The minimum Gasteiger partial charge on any atom is -0.497 e. The van der Waals surface area contributed by atoms with Gasteiger partial charge in [-0.25, -0.2) is 0 Å². The van der Waals surface area contributed by atoms with Crippen LogP contribution in [0.15, 0.2) is 48.7 Å². The van der Waals surface area contributed by atoms with Gasteiger partial charge in [0.15, 0.2) is 0 Å². The summed E-state index contributed by atoms with van der Waals surface area (Å²) in [4.78, 5) is 18.4. The third-order valence-corrected chi connectivity index (χ3v) is 8.37. The van der Waals surface area contributed by atoms with E-state index in [9.17, 15) is 15.0 Å². The Morgan fingerprint density at radius 2 is 2.05 bits per heavy atom. The second-order valence-corrected chi connectivity index (χ2v) is 10.7. The van der Waals surface area contributed by atoms with E-state index in [1.54, 1.807) is 19.4 Å². The number of carboxylic acid groups (broad SMARTS) is 1. The molecule has 0 unspecified atom stereocenters. The van der Waals surface area contributed by atoms with Crippen molar-refractivity contribution in [3.8, 4) is 5.75 Å². The number of nitrogens with zero attached hydrogens (tertiary/aromatic N) is 2. The highest BCUT2D eigenvalue weighted by Crippen LogP contribution is 2.35. The van der Waals surface area contributed by atoms with Crippen LogP contribution in [-0.2, 0) is 11.2 Å². The van der Waals surface area contributed by atoms with Crippen LogP contribution in [0, 0.1) is 11.8 Å². The first-order valence-corrected chi connectivity index (χ1v) is 13.6. The summed E-state index contributed by atoms with van der Waals surface area (Å²) in [5.74, 6) is 0.269. The number of carbonyl (C=O) groups is 1. The molecule has 0 radical (unpaired) electrons. The fourth-order valence-electron chi connectivity index (χ4n) is 5.52. The number of aliphatic hydroxyl groups excluding tert-OH is 1. The van der Waals surface area contributed by atoms with Crippen molar-refractivity contribution in [3.05, 3.63) is 69.8 Å². The van der Waals surface area contributed by atoms with Crippen LogP contribution in [0.2, 0.25) is 10.0 Å². The highest BCUT2D eigenvalue weighted by molar-refractivity contribution is 6.42. The van der Waals surface area contributed by atoms with Gasteiger partial charge in [0.05, 0.1) is 28.8 Å². The SMILES string of the molecule is COc1ccc2nccc([C@@H](O)CC[C@@H]3CCN(CCCc4cccc(Cl)c4Cl)C[C@@H]3CC(=O)O)c2c1. The number of ether oxygens (including phenoxy) is 1. The maximum atomic E-state index is 11.6. The molecule has 198 valence electrons. The Hall–Kier alpha value is -2.38. The number of fused-ring (bicyclic) bond motifs is 1. The number of likely N-dealkylation sites (tertiary alicyclic amines) is 1. The molecule has 1 aromatic heterocycles. The molecule has 37 heavy (non-hydrogen) atoms. The van der Waals surface area contributed by atoms with Crippen molar-refractivity contribution in [1.29, 1.82) is 0 Å². The molecule has 1 aliphatic heterocycles. The summed E-state index contributed by atoms with van der Waals surface area (Å²) in [6.45, 7) is 2.57. The lowest BCUT2D eigenvalue weighted by Gasteiger charge is -2.38. The summed E-state index contributed by atoms with van der Waals surface area (Å²) in [5, 5.41) is 22.7. The summed E-state index contributed by atoms with van der Waals surface area (Å²) in [7, 11) is 1.62. The number of hydrogen-bond donors (Lipinski definition) is 2. The molecule has 3 aromatic rings. The minimum absolute atomic E-state index is 0.0579. The molecule has 1 saturated heterocycles. The predicted molar refractivity (Wildman–Crippen MR) is 148 cm³/mol. The number of carboxylic acids is 1. The van der Waals surface area contributed by atoms with E-state index in [1.165, 1.54) is 0 Å². The van der Waals surface area contributed by atoms with E-state index in [1.807, 2.05) is 36.4 Å². The zero-order chi connectivity index (χ0) is 26.4. The monoisotopic (exact) mass is 544 g/mol. The van der Waals surface area contributed by atoms with Gasteiger partial charge in [0.1, 0.15) is 5.75 Å². The number of methoxy groups -OCH3 is 1. The highest BCUT2D eigenvalue weighted by atomic mass is 35.5. The molecule has 0 bridgehead atoms. The van der Waals surface area contributed by atoms with Crippen LogP contribution in [-0.4, -0.2) is 52.8 Å². The van der Waals surface area contributed by atoms with Gasteiger partial charge in [-0.15, -0.1) is 0 Å². The molecule has 0 saturated carbocycles. The third kappa shape index (κ3) is 7.14. The lowest BCUT2D eigenvalue weighted by Crippen LogP contribution is -2.42. The normalized spacial score (nSPS) is 19.1. The zero-order valence-electron chi connectivity index (χ0n) is 21.1. The van der Waals surface area contributed by atoms with Crippen molar-refractivity contribution >= 4 is 40.1 Å². The molecule has 6 nitrogen and oxygen atoms in total. The molecule has 3 atom stereocenters. The van der Waals surface area contributed by atoms with E-state index in [0.29, 0.717) is 16.5 Å². The number of pyridine rings is 1. The largest absolute Gasteiger partial charge is 0.497 e. The number of aliphatic carboxylic acids is 1. The van der Waals surface area contributed by atoms with E-state index in [0.717, 1.165) is 73.1 Å². The fourth-order valence-corrected chi connectivity index (χ4v) is 5.94. The van der Waals surface area contributed by atoms with E-state index in [4.69, 9.17) is 27.9 Å². The van der Waals surface area contributed by atoms with Crippen LogP contribution < -0.4 is 4.74 Å². The van der Waals surface area contributed by atoms with Gasteiger partial charge in [-0.05, 0) is 98.5 Å². The number of benzene rings is 2. The summed E-state index contributed by atoms with van der Waals surface area (Å²) < 4.78 is 5.36. The Morgan fingerprint density at radius 1 is 1.22 bits per heavy atom. The maximum absolute atomic E-state index is 11.6. The topological polar surface area (TPSA) is 82.9 Å². The van der Waals surface area contributed by atoms with Gasteiger partial charge in [0.2, 0.25) is 0 Å². The predicted octanol–water partition coefficient (Wildman–Crippen LogP) is 6.41. The van der Waals surface area contributed by atoms with Gasteiger partial charge in [0, 0.05) is 24.5 Å². The van der Waals surface area contributed by atoms with E-state index in [-0.39, 0.29) is 18.3 Å². The molecule has 2 N–H and O–H groups in total. The number of halogens is 2. The van der Waals surface area contributed by atoms with E-state index < -0.39 is 12.1 Å². The minimum atomic E-state index is -0.768. The average molecular weight is 546 g/mol. The summed E-state index contributed by atoms with van der Waals surface area (Å²) in [6.07, 6.45) is 5.25. The maximum Gasteiger partial charge on any atom is 0.303 e. The van der Waals surface area contributed by atoms with Crippen molar-refractivity contribution in [1.82, 2.24) is 9.88 Å².